The Bertz CT molecular complexity index is 1240. The quantitative estimate of drug-likeness (QED) is 0.669. The van der Waals surface area contributed by atoms with Crippen LogP contribution < -0.4 is 10.2 Å². The van der Waals surface area contributed by atoms with Crippen molar-refractivity contribution in [3.63, 3.8) is 0 Å². The van der Waals surface area contributed by atoms with Gasteiger partial charge in [-0.05, 0) is 81.0 Å². The molecular formula is C25H28ClN3O4S. The van der Waals surface area contributed by atoms with E-state index in [9.17, 15) is 18.0 Å². The molecule has 1 N–H and O–H groups in total. The number of piperidine rings is 1. The van der Waals surface area contributed by atoms with E-state index in [1.807, 2.05) is 11.8 Å². The molecule has 1 atom stereocenters. The van der Waals surface area contributed by atoms with Crippen molar-refractivity contribution in [1.82, 2.24) is 4.31 Å². The Hall–Kier alpha value is -2.42. The number of nitrogens with zero attached hydrogens (tertiary/aromatic N) is 2. The topological polar surface area (TPSA) is 86.8 Å². The molecule has 2 aromatic rings. The number of anilines is 2. The van der Waals surface area contributed by atoms with Crippen molar-refractivity contribution >= 4 is 44.8 Å². The lowest BCUT2D eigenvalue weighted by Gasteiger charge is -2.30. The number of benzene rings is 2. The van der Waals surface area contributed by atoms with Crippen LogP contribution in [0.2, 0.25) is 5.02 Å². The van der Waals surface area contributed by atoms with Crippen LogP contribution in [0.3, 0.4) is 0 Å². The fourth-order valence-corrected chi connectivity index (χ4v) is 6.66. The number of nitrogens with one attached hydrogen (secondary N) is 1. The van der Waals surface area contributed by atoms with Crippen molar-refractivity contribution < 1.29 is 18.0 Å². The molecule has 5 rings (SSSR count). The summed E-state index contributed by atoms with van der Waals surface area (Å²) in [6, 6.07) is 12.1. The summed E-state index contributed by atoms with van der Waals surface area (Å²) in [5, 5.41) is 3.42. The monoisotopic (exact) mass is 501 g/mol. The maximum absolute atomic E-state index is 13.3. The fraction of sp³-hybridized carbons (Fsp3) is 0.440. The zero-order valence-corrected chi connectivity index (χ0v) is 20.6. The molecular weight excluding hydrogens is 474 g/mol. The van der Waals surface area contributed by atoms with E-state index in [4.69, 9.17) is 11.6 Å². The van der Waals surface area contributed by atoms with E-state index in [1.165, 1.54) is 4.31 Å². The Morgan fingerprint density at radius 2 is 1.74 bits per heavy atom. The highest BCUT2D eigenvalue weighted by Gasteiger charge is 2.40. The molecule has 2 aliphatic heterocycles. The van der Waals surface area contributed by atoms with E-state index in [0.717, 1.165) is 24.1 Å². The minimum atomic E-state index is -3.68. The highest BCUT2D eigenvalue weighted by molar-refractivity contribution is 7.89. The molecule has 3 aliphatic rings. The van der Waals surface area contributed by atoms with Gasteiger partial charge in [-0.1, -0.05) is 17.7 Å². The molecule has 9 heteroatoms. The molecule has 180 valence electrons. The number of carbonyl (C=O) groups excluding carboxylic acids is 2. The molecule has 1 unspecified atom stereocenters. The van der Waals surface area contributed by atoms with Crippen LogP contribution >= 0.6 is 11.6 Å². The summed E-state index contributed by atoms with van der Waals surface area (Å²) in [6.07, 6.45) is 3.45. The highest BCUT2D eigenvalue weighted by atomic mass is 35.5. The van der Waals surface area contributed by atoms with Gasteiger partial charge >= 0.3 is 0 Å². The minimum absolute atomic E-state index is 0.0369. The second-order valence-electron chi connectivity index (χ2n) is 9.50. The molecule has 34 heavy (non-hydrogen) atoms. The van der Waals surface area contributed by atoms with Gasteiger partial charge in [0.1, 0.15) is 0 Å². The van der Waals surface area contributed by atoms with Crippen LogP contribution in [0, 0.1) is 11.8 Å². The van der Waals surface area contributed by atoms with Crippen LogP contribution in [0.1, 0.15) is 38.2 Å². The SMILES string of the molecule is CC1Cc2cc(S(=O)(=O)N3CCC(C(=O)Nc4cccc(Cl)c4)CC3)ccc2N1C(=O)C1CC1. The van der Waals surface area contributed by atoms with Gasteiger partial charge in [0, 0.05) is 47.4 Å². The number of rotatable bonds is 5. The third kappa shape index (κ3) is 4.46. The summed E-state index contributed by atoms with van der Waals surface area (Å²) in [5.74, 6) is -0.103. The Kier molecular flexibility index (Phi) is 6.16. The third-order valence-corrected chi connectivity index (χ3v) is 9.12. The van der Waals surface area contributed by atoms with Gasteiger partial charge < -0.3 is 10.2 Å². The summed E-state index contributed by atoms with van der Waals surface area (Å²) in [7, 11) is -3.68. The van der Waals surface area contributed by atoms with Crippen molar-refractivity contribution in [2.45, 2.75) is 50.0 Å². The van der Waals surface area contributed by atoms with E-state index in [-0.39, 0.29) is 47.7 Å². The number of carbonyl (C=O) groups is 2. The standard InChI is InChI=1S/C25H28ClN3O4S/c1-16-13-19-14-22(7-8-23(19)29(16)25(31)18-5-6-18)34(32,33)28-11-9-17(10-12-28)24(30)27-21-4-2-3-20(26)15-21/h2-4,7-8,14-18H,5-6,9-13H2,1H3,(H,27,30). The van der Waals surface area contributed by atoms with Gasteiger partial charge in [-0.15, -0.1) is 0 Å². The lowest BCUT2D eigenvalue weighted by Crippen LogP contribution is -2.41. The summed E-state index contributed by atoms with van der Waals surface area (Å²) in [4.78, 5) is 27.4. The van der Waals surface area contributed by atoms with E-state index < -0.39 is 10.0 Å². The van der Waals surface area contributed by atoms with Gasteiger partial charge in [0.15, 0.2) is 0 Å². The molecule has 0 bridgehead atoms. The maximum atomic E-state index is 13.3. The predicted molar refractivity (Wildman–Crippen MR) is 131 cm³/mol. The van der Waals surface area contributed by atoms with Crippen LogP contribution in [0.25, 0.3) is 0 Å². The first-order valence-electron chi connectivity index (χ1n) is 11.8. The largest absolute Gasteiger partial charge is 0.326 e. The first-order chi connectivity index (χ1) is 16.2. The molecule has 0 radical (unpaired) electrons. The Balaban J connectivity index is 1.25. The lowest BCUT2D eigenvalue weighted by atomic mass is 9.97. The van der Waals surface area contributed by atoms with Crippen molar-refractivity contribution in [1.29, 1.82) is 0 Å². The smallest absolute Gasteiger partial charge is 0.243 e. The Morgan fingerprint density at radius 3 is 2.41 bits per heavy atom. The van der Waals surface area contributed by atoms with Crippen molar-refractivity contribution in [3.05, 3.63) is 53.1 Å². The normalized spacial score (nSPS) is 21.4. The first-order valence-corrected chi connectivity index (χ1v) is 13.6. The second kappa shape index (κ2) is 8.98. The van der Waals surface area contributed by atoms with E-state index in [0.29, 0.717) is 30.0 Å². The number of fused-ring (bicyclic) bond motifs is 1. The molecule has 7 nitrogen and oxygen atoms in total. The molecule has 1 aliphatic carbocycles. The van der Waals surface area contributed by atoms with Crippen LogP contribution in [0.5, 0.6) is 0 Å². The van der Waals surface area contributed by atoms with Gasteiger partial charge in [0.25, 0.3) is 0 Å². The summed E-state index contributed by atoms with van der Waals surface area (Å²) in [6.45, 7) is 2.58. The lowest BCUT2D eigenvalue weighted by molar-refractivity contribution is -0.121. The van der Waals surface area contributed by atoms with E-state index >= 15 is 0 Å². The average Bonchev–Trinajstić information content (AvgIpc) is 3.60. The van der Waals surface area contributed by atoms with E-state index in [2.05, 4.69) is 5.32 Å². The van der Waals surface area contributed by atoms with Gasteiger partial charge in [-0.25, -0.2) is 8.42 Å². The molecule has 0 spiro atoms. The molecule has 1 saturated heterocycles. The second-order valence-corrected chi connectivity index (χ2v) is 11.9. The fourth-order valence-electron chi connectivity index (χ4n) is 4.95. The highest BCUT2D eigenvalue weighted by Crippen LogP contribution is 2.40. The van der Waals surface area contributed by atoms with Crippen LogP contribution in [-0.2, 0) is 26.0 Å². The van der Waals surface area contributed by atoms with Crippen LogP contribution in [0.4, 0.5) is 11.4 Å². The Morgan fingerprint density at radius 1 is 1.00 bits per heavy atom. The average molecular weight is 502 g/mol. The number of hydrogen-bond donors (Lipinski definition) is 1. The summed E-state index contributed by atoms with van der Waals surface area (Å²) >= 11 is 5.98. The maximum Gasteiger partial charge on any atom is 0.243 e. The Labute approximate surface area is 205 Å². The predicted octanol–water partition coefficient (Wildman–Crippen LogP) is 4.07. The van der Waals surface area contributed by atoms with E-state index in [1.54, 1.807) is 42.5 Å². The number of hydrogen-bond acceptors (Lipinski definition) is 4. The third-order valence-electron chi connectivity index (χ3n) is 6.99. The molecule has 2 heterocycles. The van der Waals surface area contributed by atoms with Gasteiger partial charge in [-0.2, -0.15) is 4.31 Å². The minimum Gasteiger partial charge on any atom is -0.326 e. The van der Waals surface area contributed by atoms with Crippen LogP contribution in [-0.4, -0.2) is 43.7 Å². The number of amides is 2. The molecule has 1 saturated carbocycles. The van der Waals surface area contributed by atoms with Gasteiger partial charge in [0.2, 0.25) is 21.8 Å². The van der Waals surface area contributed by atoms with Crippen molar-refractivity contribution in [3.8, 4) is 0 Å². The number of sulfonamides is 1. The van der Waals surface area contributed by atoms with Gasteiger partial charge in [-0.3, -0.25) is 9.59 Å². The first kappa shape index (κ1) is 23.3. The zero-order chi connectivity index (χ0) is 24.0. The zero-order valence-electron chi connectivity index (χ0n) is 19.0. The van der Waals surface area contributed by atoms with Crippen molar-refractivity contribution in [2.75, 3.05) is 23.3 Å². The molecule has 2 amide bonds. The molecule has 2 aromatic carbocycles. The molecule has 0 aromatic heterocycles. The summed E-state index contributed by atoms with van der Waals surface area (Å²) < 4.78 is 28.1. The van der Waals surface area contributed by atoms with Crippen molar-refractivity contribution in [2.24, 2.45) is 11.8 Å². The number of halogens is 1. The van der Waals surface area contributed by atoms with Crippen LogP contribution in [0.15, 0.2) is 47.4 Å². The van der Waals surface area contributed by atoms with Gasteiger partial charge in [0.05, 0.1) is 4.90 Å². The molecule has 2 fully saturated rings. The summed E-state index contributed by atoms with van der Waals surface area (Å²) in [5.41, 5.74) is 2.37.